The second-order valence-electron chi connectivity index (χ2n) is 8.19. The standard InChI is InChI=1S/C25H29N3O3/c1-2-13-27-14-15-28(25(30)23-4-3-16-31-23)18-22(24(27)29)17-19-5-7-20(8-6-19)21-9-11-26-12-10-21/h2,5-12,22-23H,1,3-4,13-18H2/t22-,23-/m1/s1. The smallest absolute Gasteiger partial charge is 0.251 e. The molecule has 2 saturated heterocycles. The summed E-state index contributed by atoms with van der Waals surface area (Å²) in [7, 11) is 0. The zero-order valence-corrected chi connectivity index (χ0v) is 17.8. The number of hydrogen-bond acceptors (Lipinski definition) is 4. The first-order valence-electron chi connectivity index (χ1n) is 10.9. The quantitative estimate of drug-likeness (QED) is 0.676. The number of carbonyl (C=O) groups excluding carboxylic acids is 2. The lowest BCUT2D eigenvalue weighted by molar-refractivity contribution is -0.141. The average molecular weight is 420 g/mol. The Kier molecular flexibility index (Phi) is 6.77. The van der Waals surface area contributed by atoms with Gasteiger partial charge in [0.2, 0.25) is 5.91 Å². The Morgan fingerprint density at radius 1 is 1.13 bits per heavy atom. The molecule has 0 aliphatic carbocycles. The van der Waals surface area contributed by atoms with Gasteiger partial charge in [-0.05, 0) is 48.1 Å². The fourth-order valence-electron chi connectivity index (χ4n) is 4.37. The number of benzene rings is 1. The van der Waals surface area contributed by atoms with Crippen LogP contribution >= 0.6 is 0 Å². The molecule has 0 N–H and O–H groups in total. The van der Waals surface area contributed by atoms with E-state index in [1.807, 2.05) is 21.9 Å². The van der Waals surface area contributed by atoms with Gasteiger partial charge in [0.05, 0.1) is 5.92 Å². The van der Waals surface area contributed by atoms with Crippen LogP contribution in [0, 0.1) is 5.92 Å². The highest BCUT2D eigenvalue weighted by Crippen LogP contribution is 2.23. The third-order valence-electron chi connectivity index (χ3n) is 6.06. The maximum atomic E-state index is 13.2. The zero-order valence-electron chi connectivity index (χ0n) is 17.8. The molecule has 2 amide bonds. The Hall–Kier alpha value is -2.99. The number of amides is 2. The van der Waals surface area contributed by atoms with Gasteiger partial charge in [-0.15, -0.1) is 6.58 Å². The average Bonchev–Trinajstić information content (AvgIpc) is 3.30. The molecule has 0 unspecified atom stereocenters. The first kappa shape index (κ1) is 21.2. The maximum absolute atomic E-state index is 13.2. The number of pyridine rings is 1. The molecule has 6 heteroatoms. The van der Waals surface area contributed by atoms with Crippen LogP contribution in [0.2, 0.25) is 0 Å². The van der Waals surface area contributed by atoms with Gasteiger partial charge in [-0.1, -0.05) is 30.3 Å². The summed E-state index contributed by atoms with van der Waals surface area (Å²) in [6, 6.07) is 12.2. The summed E-state index contributed by atoms with van der Waals surface area (Å²) in [5.41, 5.74) is 3.31. The number of rotatable bonds is 6. The monoisotopic (exact) mass is 419 g/mol. The molecule has 1 aromatic heterocycles. The van der Waals surface area contributed by atoms with E-state index in [1.165, 1.54) is 0 Å². The summed E-state index contributed by atoms with van der Waals surface area (Å²) >= 11 is 0. The first-order chi connectivity index (χ1) is 15.2. The predicted molar refractivity (Wildman–Crippen MR) is 119 cm³/mol. The Morgan fingerprint density at radius 2 is 1.87 bits per heavy atom. The normalized spacial score (nSPS) is 21.7. The minimum atomic E-state index is -0.360. The van der Waals surface area contributed by atoms with Crippen molar-refractivity contribution in [1.29, 1.82) is 0 Å². The van der Waals surface area contributed by atoms with Crippen LogP contribution in [0.1, 0.15) is 18.4 Å². The Morgan fingerprint density at radius 3 is 2.55 bits per heavy atom. The molecule has 2 atom stereocenters. The SMILES string of the molecule is C=CCN1CCN(C(=O)[C@H]2CCCO2)C[C@@H](Cc2ccc(-c3ccncc3)cc2)C1=O. The second kappa shape index (κ2) is 9.88. The van der Waals surface area contributed by atoms with E-state index in [2.05, 4.69) is 35.8 Å². The zero-order chi connectivity index (χ0) is 21.6. The van der Waals surface area contributed by atoms with E-state index in [0.29, 0.717) is 39.2 Å². The van der Waals surface area contributed by atoms with E-state index in [-0.39, 0.29) is 23.8 Å². The van der Waals surface area contributed by atoms with Crippen LogP contribution in [0.4, 0.5) is 0 Å². The minimum absolute atomic E-state index is 0.0174. The summed E-state index contributed by atoms with van der Waals surface area (Å²) in [5, 5.41) is 0. The Labute approximate surface area is 183 Å². The van der Waals surface area contributed by atoms with Crippen LogP contribution in [0.25, 0.3) is 11.1 Å². The molecule has 4 rings (SSSR count). The minimum Gasteiger partial charge on any atom is -0.368 e. The van der Waals surface area contributed by atoms with Gasteiger partial charge in [0.1, 0.15) is 6.10 Å². The van der Waals surface area contributed by atoms with Crippen molar-refractivity contribution in [3.8, 4) is 11.1 Å². The Bertz CT molecular complexity index is 907. The molecule has 2 fully saturated rings. The van der Waals surface area contributed by atoms with Crippen LogP contribution in [0.3, 0.4) is 0 Å². The highest BCUT2D eigenvalue weighted by molar-refractivity contribution is 5.84. The molecule has 31 heavy (non-hydrogen) atoms. The van der Waals surface area contributed by atoms with Crippen molar-refractivity contribution in [1.82, 2.24) is 14.8 Å². The van der Waals surface area contributed by atoms with E-state index in [9.17, 15) is 9.59 Å². The van der Waals surface area contributed by atoms with Crippen molar-refractivity contribution in [2.45, 2.75) is 25.4 Å². The molecule has 162 valence electrons. The highest BCUT2D eigenvalue weighted by atomic mass is 16.5. The van der Waals surface area contributed by atoms with Gasteiger partial charge in [-0.25, -0.2) is 0 Å². The van der Waals surface area contributed by atoms with Crippen molar-refractivity contribution in [2.24, 2.45) is 5.92 Å². The largest absolute Gasteiger partial charge is 0.368 e. The summed E-state index contributed by atoms with van der Waals surface area (Å²) in [6.45, 7) is 6.42. The number of hydrogen-bond donors (Lipinski definition) is 0. The second-order valence-corrected chi connectivity index (χ2v) is 8.19. The van der Waals surface area contributed by atoms with Crippen molar-refractivity contribution < 1.29 is 14.3 Å². The number of ether oxygens (including phenoxy) is 1. The molecule has 2 aliphatic rings. The van der Waals surface area contributed by atoms with E-state index in [0.717, 1.165) is 29.5 Å². The molecular weight excluding hydrogens is 390 g/mol. The van der Waals surface area contributed by atoms with Gasteiger partial charge in [0, 0.05) is 45.2 Å². The van der Waals surface area contributed by atoms with Crippen LogP contribution in [0.5, 0.6) is 0 Å². The molecular formula is C25H29N3O3. The summed E-state index contributed by atoms with van der Waals surface area (Å²) < 4.78 is 5.61. The number of carbonyl (C=O) groups is 2. The van der Waals surface area contributed by atoms with Gasteiger partial charge in [0.15, 0.2) is 0 Å². The van der Waals surface area contributed by atoms with E-state index in [1.54, 1.807) is 18.5 Å². The van der Waals surface area contributed by atoms with Crippen molar-refractivity contribution in [3.63, 3.8) is 0 Å². The lowest BCUT2D eigenvalue weighted by Crippen LogP contribution is -2.42. The van der Waals surface area contributed by atoms with Gasteiger partial charge in [-0.3, -0.25) is 14.6 Å². The van der Waals surface area contributed by atoms with Crippen molar-refractivity contribution >= 4 is 11.8 Å². The fourth-order valence-corrected chi connectivity index (χ4v) is 4.37. The Balaban J connectivity index is 1.51. The fraction of sp³-hybridized carbons (Fsp3) is 0.400. The van der Waals surface area contributed by atoms with Gasteiger partial charge in [0.25, 0.3) is 5.91 Å². The van der Waals surface area contributed by atoms with Gasteiger partial charge >= 0.3 is 0 Å². The highest BCUT2D eigenvalue weighted by Gasteiger charge is 2.35. The molecule has 2 aromatic rings. The molecule has 3 heterocycles. The summed E-state index contributed by atoms with van der Waals surface area (Å²) in [6.07, 6.45) is 7.22. The number of aromatic nitrogens is 1. The van der Waals surface area contributed by atoms with Crippen molar-refractivity contribution in [3.05, 3.63) is 67.0 Å². The first-order valence-corrected chi connectivity index (χ1v) is 10.9. The van der Waals surface area contributed by atoms with Crippen LogP contribution in [-0.2, 0) is 20.7 Å². The van der Waals surface area contributed by atoms with Gasteiger partial charge < -0.3 is 14.5 Å². The third kappa shape index (κ3) is 5.02. The molecule has 0 spiro atoms. The van der Waals surface area contributed by atoms with Crippen LogP contribution in [-0.4, -0.2) is 65.5 Å². The van der Waals surface area contributed by atoms with E-state index >= 15 is 0 Å². The lowest BCUT2D eigenvalue weighted by Gasteiger charge is -2.25. The third-order valence-corrected chi connectivity index (χ3v) is 6.06. The van der Waals surface area contributed by atoms with Crippen molar-refractivity contribution in [2.75, 3.05) is 32.8 Å². The molecule has 2 aliphatic heterocycles. The van der Waals surface area contributed by atoms with Crippen LogP contribution < -0.4 is 0 Å². The number of nitrogens with zero attached hydrogens (tertiary/aromatic N) is 3. The molecule has 0 bridgehead atoms. The summed E-state index contributed by atoms with van der Waals surface area (Å²) in [4.78, 5) is 33.9. The maximum Gasteiger partial charge on any atom is 0.251 e. The lowest BCUT2D eigenvalue weighted by atomic mass is 9.95. The van der Waals surface area contributed by atoms with E-state index < -0.39 is 0 Å². The molecule has 1 aromatic carbocycles. The predicted octanol–water partition coefficient (Wildman–Crippen LogP) is 2.94. The molecule has 0 saturated carbocycles. The van der Waals surface area contributed by atoms with Gasteiger partial charge in [-0.2, -0.15) is 0 Å². The molecule has 0 radical (unpaired) electrons. The van der Waals surface area contributed by atoms with E-state index in [4.69, 9.17) is 4.74 Å². The topological polar surface area (TPSA) is 62.7 Å². The van der Waals surface area contributed by atoms with Crippen LogP contribution in [0.15, 0.2) is 61.4 Å². The molecule has 6 nitrogen and oxygen atoms in total. The summed E-state index contributed by atoms with van der Waals surface area (Å²) in [5.74, 6) is -0.177.